The number of amides is 1. The van der Waals surface area contributed by atoms with Crippen molar-refractivity contribution in [2.45, 2.75) is 43.9 Å². The third-order valence-corrected chi connectivity index (χ3v) is 3.68. The SMILES string of the molecule is COC1CCC(NC(=O)[C@H](N)CCSC)C1. The molecule has 3 N–H and O–H groups in total. The molecule has 0 radical (unpaired) electrons. The minimum absolute atomic E-state index is 0.0178. The van der Waals surface area contributed by atoms with Crippen LogP contribution >= 0.6 is 11.8 Å². The second-order valence-corrected chi connectivity index (χ2v) is 5.25. The van der Waals surface area contributed by atoms with Crippen molar-refractivity contribution < 1.29 is 9.53 Å². The van der Waals surface area contributed by atoms with Crippen molar-refractivity contribution in [3.05, 3.63) is 0 Å². The second-order valence-electron chi connectivity index (χ2n) is 4.26. The maximum absolute atomic E-state index is 11.7. The van der Waals surface area contributed by atoms with Gasteiger partial charge in [-0.05, 0) is 37.7 Å². The molecule has 2 unspecified atom stereocenters. The third kappa shape index (κ3) is 4.31. The quantitative estimate of drug-likeness (QED) is 0.726. The van der Waals surface area contributed by atoms with Crippen molar-refractivity contribution in [3.63, 3.8) is 0 Å². The van der Waals surface area contributed by atoms with E-state index in [1.165, 1.54) is 0 Å². The highest BCUT2D eigenvalue weighted by Gasteiger charge is 2.26. The average Bonchev–Trinajstić information content (AvgIpc) is 2.73. The first-order chi connectivity index (χ1) is 7.67. The molecular weight excluding hydrogens is 224 g/mol. The summed E-state index contributed by atoms with van der Waals surface area (Å²) < 4.78 is 5.26. The molecule has 0 aromatic rings. The van der Waals surface area contributed by atoms with Crippen molar-refractivity contribution in [1.82, 2.24) is 5.32 Å². The number of thioether (sulfide) groups is 1. The molecule has 3 atom stereocenters. The number of carbonyl (C=O) groups excluding carboxylic acids is 1. The molecule has 0 aliphatic heterocycles. The normalized spacial score (nSPS) is 26.7. The Kier molecular flexibility index (Phi) is 6.16. The van der Waals surface area contributed by atoms with E-state index in [4.69, 9.17) is 10.5 Å². The van der Waals surface area contributed by atoms with Gasteiger partial charge in [-0.3, -0.25) is 4.79 Å². The molecule has 1 rings (SSSR count). The van der Waals surface area contributed by atoms with Gasteiger partial charge in [0.15, 0.2) is 0 Å². The number of hydrogen-bond acceptors (Lipinski definition) is 4. The maximum atomic E-state index is 11.7. The smallest absolute Gasteiger partial charge is 0.237 e. The zero-order valence-electron chi connectivity index (χ0n) is 10.1. The summed E-state index contributed by atoms with van der Waals surface area (Å²) in [6.45, 7) is 0. The molecule has 94 valence electrons. The Bertz CT molecular complexity index is 226. The zero-order valence-corrected chi connectivity index (χ0v) is 10.9. The highest BCUT2D eigenvalue weighted by Crippen LogP contribution is 2.21. The summed E-state index contributed by atoms with van der Waals surface area (Å²) in [5.74, 6) is 0.913. The Labute approximate surface area is 102 Å². The van der Waals surface area contributed by atoms with Crippen LogP contribution in [-0.4, -0.2) is 43.2 Å². The van der Waals surface area contributed by atoms with Crippen LogP contribution in [0.15, 0.2) is 0 Å². The fourth-order valence-corrected chi connectivity index (χ4v) is 2.46. The second kappa shape index (κ2) is 7.14. The third-order valence-electron chi connectivity index (χ3n) is 3.03. The Morgan fingerprint density at radius 2 is 2.38 bits per heavy atom. The lowest BCUT2D eigenvalue weighted by atomic mass is 10.2. The molecule has 1 fully saturated rings. The van der Waals surface area contributed by atoms with Crippen molar-refractivity contribution in [3.8, 4) is 0 Å². The van der Waals surface area contributed by atoms with Gasteiger partial charge in [0.2, 0.25) is 5.91 Å². The number of nitrogens with two attached hydrogens (primary N) is 1. The van der Waals surface area contributed by atoms with Crippen LogP contribution in [0.25, 0.3) is 0 Å². The van der Waals surface area contributed by atoms with Crippen LogP contribution in [0.2, 0.25) is 0 Å². The number of methoxy groups -OCH3 is 1. The molecule has 5 heteroatoms. The fraction of sp³-hybridized carbons (Fsp3) is 0.909. The van der Waals surface area contributed by atoms with E-state index in [1.807, 2.05) is 6.26 Å². The first kappa shape index (κ1) is 13.8. The molecule has 0 heterocycles. The van der Waals surface area contributed by atoms with Crippen LogP contribution in [0.1, 0.15) is 25.7 Å². The summed E-state index contributed by atoms with van der Waals surface area (Å²) in [5, 5.41) is 3.00. The van der Waals surface area contributed by atoms with Gasteiger partial charge in [-0.25, -0.2) is 0 Å². The van der Waals surface area contributed by atoms with E-state index in [9.17, 15) is 4.79 Å². The summed E-state index contributed by atoms with van der Waals surface area (Å²) >= 11 is 1.71. The first-order valence-electron chi connectivity index (χ1n) is 5.75. The van der Waals surface area contributed by atoms with Crippen LogP contribution in [0, 0.1) is 0 Å². The summed E-state index contributed by atoms with van der Waals surface area (Å²) in [7, 11) is 1.72. The average molecular weight is 246 g/mol. The van der Waals surface area contributed by atoms with E-state index >= 15 is 0 Å². The van der Waals surface area contributed by atoms with Gasteiger partial charge in [0, 0.05) is 13.2 Å². The monoisotopic (exact) mass is 246 g/mol. The van der Waals surface area contributed by atoms with Gasteiger partial charge in [0.1, 0.15) is 0 Å². The van der Waals surface area contributed by atoms with Crippen LogP contribution < -0.4 is 11.1 Å². The van der Waals surface area contributed by atoms with E-state index in [2.05, 4.69) is 5.32 Å². The largest absolute Gasteiger partial charge is 0.381 e. The molecule has 0 saturated heterocycles. The van der Waals surface area contributed by atoms with E-state index < -0.39 is 0 Å². The van der Waals surface area contributed by atoms with E-state index in [0.717, 1.165) is 31.4 Å². The van der Waals surface area contributed by atoms with Crippen molar-refractivity contribution in [2.24, 2.45) is 5.73 Å². The highest BCUT2D eigenvalue weighted by atomic mass is 32.2. The lowest BCUT2D eigenvalue weighted by Gasteiger charge is -2.16. The molecular formula is C11H22N2O2S. The molecule has 0 aromatic carbocycles. The minimum Gasteiger partial charge on any atom is -0.381 e. The van der Waals surface area contributed by atoms with E-state index in [0.29, 0.717) is 6.10 Å². The lowest BCUT2D eigenvalue weighted by molar-refractivity contribution is -0.123. The molecule has 1 aliphatic carbocycles. The molecule has 1 saturated carbocycles. The topological polar surface area (TPSA) is 64.3 Å². The Morgan fingerprint density at radius 1 is 1.62 bits per heavy atom. The minimum atomic E-state index is -0.367. The number of nitrogens with one attached hydrogen (secondary N) is 1. The lowest BCUT2D eigenvalue weighted by Crippen LogP contribution is -2.45. The molecule has 1 amide bonds. The van der Waals surface area contributed by atoms with Gasteiger partial charge in [-0.1, -0.05) is 0 Å². The molecule has 4 nitrogen and oxygen atoms in total. The van der Waals surface area contributed by atoms with Crippen LogP contribution in [0.4, 0.5) is 0 Å². The van der Waals surface area contributed by atoms with Gasteiger partial charge >= 0.3 is 0 Å². The molecule has 16 heavy (non-hydrogen) atoms. The van der Waals surface area contributed by atoms with Gasteiger partial charge in [-0.15, -0.1) is 0 Å². The summed E-state index contributed by atoms with van der Waals surface area (Å²) in [4.78, 5) is 11.7. The summed E-state index contributed by atoms with van der Waals surface area (Å²) in [6, 6.07) is -0.119. The molecule has 0 bridgehead atoms. The van der Waals surface area contributed by atoms with E-state index in [1.54, 1.807) is 18.9 Å². The van der Waals surface area contributed by atoms with Crippen LogP contribution in [-0.2, 0) is 9.53 Å². The molecule has 0 aromatic heterocycles. The van der Waals surface area contributed by atoms with Crippen LogP contribution in [0.3, 0.4) is 0 Å². The first-order valence-corrected chi connectivity index (χ1v) is 7.14. The fourth-order valence-electron chi connectivity index (χ4n) is 1.97. The number of ether oxygens (including phenoxy) is 1. The predicted molar refractivity (Wildman–Crippen MR) is 67.6 cm³/mol. The van der Waals surface area contributed by atoms with E-state index in [-0.39, 0.29) is 18.0 Å². The summed E-state index contributed by atoms with van der Waals surface area (Å²) in [6.07, 6.45) is 6.00. The zero-order chi connectivity index (χ0) is 12.0. The maximum Gasteiger partial charge on any atom is 0.237 e. The Balaban J connectivity index is 2.23. The highest BCUT2D eigenvalue weighted by molar-refractivity contribution is 7.98. The summed E-state index contributed by atoms with van der Waals surface area (Å²) in [5.41, 5.74) is 5.79. The Hall–Kier alpha value is -0.260. The number of rotatable bonds is 6. The standard InChI is InChI=1S/C11H22N2O2S/c1-15-9-4-3-8(7-9)13-11(14)10(12)5-6-16-2/h8-10H,3-7,12H2,1-2H3,(H,13,14)/t8?,9?,10-/m1/s1. The Morgan fingerprint density at radius 3 is 2.94 bits per heavy atom. The predicted octanol–water partition coefficient (Wildman–Crippen LogP) is 0.751. The molecule has 0 spiro atoms. The van der Waals surface area contributed by atoms with Crippen molar-refractivity contribution in [2.75, 3.05) is 19.1 Å². The molecule has 1 aliphatic rings. The number of hydrogen-bond donors (Lipinski definition) is 2. The van der Waals surface area contributed by atoms with Gasteiger partial charge in [0.25, 0.3) is 0 Å². The van der Waals surface area contributed by atoms with Crippen LogP contribution in [0.5, 0.6) is 0 Å². The van der Waals surface area contributed by atoms with Gasteiger partial charge in [0.05, 0.1) is 12.1 Å². The van der Waals surface area contributed by atoms with Gasteiger partial charge in [-0.2, -0.15) is 11.8 Å². The van der Waals surface area contributed by atoms with Crippen molar-refractivity contribution >= 4 is 17.7 Å². The van der Waals surface area contributed by atoms with Crippen molar-refractivity contribution in [1.29, 1.82) is 0 Å². The van der Waals surface area contributed by atoms with Gasteiger partial charge < -0.3 is 15.8 Å². The number of carbonyl (C=O) groups is 1.